The summed E-state index contributed by atoms with van der Waals surface area (Å²) in [6.07, 6.45) is 0.456. The number of para-hydroxylation sites is 1. The lowest BCUT2D eigenvalue weighted by molar-refractivity contribution is 0.0989. The van der Waals surface area contributed by atoms with E-state index in [4.69, 9.17) is 16.3 Å². The summed E-state index contributed by atoms with van der Waals surface area (Å²) in [5.74, 6) is 1.37. The summed E-state index contributed by atoms with van der Waals surface area (Å²) in [4.78, 5) is 16.9. The Bertz CT molecular complexity index is 963. The van der Waals surface area contributed by atoms with Crippen LogP contribution in [-0.4, -0.2) is 22.4 Å². The predicted octanol–water partition coefficient (Wildman–Crippen LogP) is 4.88. The highest BCUT2D eigenvalue weighted by molar-refractivity contribution is 6.31. The van der Waals surface area contributed by atoms with Crippen molar-refractivity contribution >= 4 is 40.1 Å². The molecule has 6 heteroatoms. The van der Waals surface area contributed by atoms with Gasteiger partial charge in [0.2, 0.25) is 5.95 Å². The van der Waals surface area contributed by atoms with E-state index in [1.165, 1.54) is 0 Å². The molecule has 5 nitrogen and oxygen atoms in total. The maximum atomic E-state index is 12.2. The third-order valence-corrected chi connectivity index (χ3v) is 4.45. The molecule has 0 aliphatic rings. The Balaban J connectivity index is 2.13. The minimum atomic E-state index is 0.0976. The maximum Gasteiger partial charge on any atom is 0.208 e. The number of fused-ring (bicyclic) bond motifs is 1. The van der Waals surface area contributed by atoms with Crippen molar-refractivity contribution in [1.82, 2.24) is 9.55 Å². The van der Waals surface area contributed by atoms with Crippen LogP contribution >= 0.6 is 11.6 Å². The van der Waals surface area contributed by atoms with E-state index in [9.17, 15) is 4.79 Å². The van der Waals surface area contributed by atoms with Crippen LogP contribution < -0.4 is 10.1 Å². The highest BCUT2D eigenvalue weighted by Crippen LogP contribution is 2.35. The number of anilines is 2. The highest BCUT2D eigenvalue weighted by atomic mass is 35.5. The Kier molecular flexibility index (Phi) is 4.68. The summed E-state index contributed by atoms with van der Waals surface area (Å²) in [6.45, 7) is 3.81. The first-order valence-corrected chi connectivity index (χ1v) is 8.43. The monoisotopic (exact) mass is 357 g/mol. The fourth-order valence-corrected chi connectivity index (χ4v) is 3.20. The summed E-state index contributed by atoms with van der Waals surface area (Å²) < 4.78 is 7.33. The molecule has 3 rings (SSSR count). The first-order chi connectivity index (χ1) is 12.0. The third-order valence-electron chi connectivity index (χ3n) is 4.24. The molecule has 0 fully saturated rings. The molecule has 0 aliphatic carbocycles. The van der Waals surface area contributed by atoms with Gasteiger partial charge >= 0.3 is 0 Å². The number of methoxy groups -OCH3 is 1. The third kappa shape index (κ3) is 3.07. The van der Waals surface area contributed by atoms with Gasteiger partial charge in [-0.15, -0.1) is 0 Å². The first kappa shape index (κ1) is 17.3. The lowest BCUT2D eigenvalue weighted by atomic mass is 10.1. The molecule has 0 saturated heterocycles. The summed E-state index contributed by atoms with van der Waals surface area (Å²) in [5.41, 5.74) is 4.02. The molecule has 0 radical (unpaired) electrons. The van der Waals surface area contributed by atoms with Crippen LogP contribution in [0.15, 0.2) is 30.3 Å². The van der Waals surface area contributed by atoms with E-state index in [1.54, 1.807) is 13.2 Å². The second kappa shape index (κ2) is 6.76. The van der Waals surface area contributed by atoms with Gasteiger partial charge in [0.05, 0.1) is 23.8 Å². The number of carbonyl (C=O) groups excluding carboxylic acids is 1. The summed E-state index contributed by atoms with van der Waals surface area (Å²) >= 11 is 6.10. The van der Waals surface area contributed by atoms with Crippen LogP contribution in [0.3, 0.4) is 0 Å². The number of benzene rings is 2. The van der Waals surface area contributed by atoms with Gasteiger partial charge in [-0.2, -0.15) is 0 Å². The van der Waals surface area contributed by atoms with E-state index in [-0.39, 0.29) is 5.78 Å². The van der Waals surface area contributed by atoms with E-state index in [2.05, 4.69) is 10.3 Å². The number of rotatable bonds is 5. The van der Waals surface area contributed by atoms with Gasteiger partial charge in [0.1, 0.15) is 5.75 Å². The molecular formula is C19H20ClN3O2. The Hall–Kier alpha value is -2.53. The van der Waals surface area contributed by atoms with Gasteiger partial charge in [0.25, 0.3) is 0 Å². The Labute approximate surface area is 151 Å². The van der Waals surface area contributed by atoms with Crippen LogP contribution in [-0.2, 0) is 7.05 Å². The van der Waals surface area contributed by atoms with Crippen LogP contribution in [0.5, 0.6) is 5.75 Å². The van der Waals surface area contributed by atoms with Crippen LogP contribution in [0.2, 0.25) is 5.02 Å². The molecule has 0 aliphatic heterocycles. The largest absolute Gasteiger partial charge is 0.495 e. The second-order valence-corrected chi connectivity index (χ2v) is 6.31. The number of ketones is 1. The van der Waals surface area contributed by atoms with Crippen molar-refractivity contribution in [3.63, 3.8) is 0 Å². The van der Waals surface area contributed by atoms with E-state index in [0.29, 0.717) is 28.7 Å². The Morgan fingerprint density at radius 1 is 1.36 bits per heavy atom. The minimum absolute atomic E-state index is 0.0976. The lowest BCUT2D eigenvalue weighted by Gasteiger charge is -2.14. The fraction of sp³-hybridized carbons (Fsp3) is 0.263. The number of ether oxygens (including phenoxy) is 1. The highest BCUT2D eigenvalue weighted by Gasteiger charge is 2.17. The van der Waals surface area contributed by atoms with Crippen molar-refractivity contribution in [3.05, 3.63) is 46.5 Å². The molecule has 0 saturated carbocycles. The number of hydrogen-bond acceptors (Lipinski definition) is 4. The Morgan fingerprint density at radius 2 is 2.12 bits per heavy atom. The van der Waals surface area contributed by atoms with Crippen LogP contribution in [0.1, 0.15) is 29.3 Å². The van der Waals surface area contributed by atoms with Gasteiger partial charge < -0.3 is 14.6 Å². The molecule has 1 N–H and O–H groups in total. The maximum absolute atomic E-state index is 12.2. The van der Waals surface area contributed by atoms with E-state index >= 15 is 0 Å². The zero-order chi connectivity index (χ0) is 18.1. The first-order valence-electron chi connectivity index (χ1n) is 8.06. The van der Waals surface area contributed by atoms with Crippen molar-refractivity contribution in [2.45, 2.75) is 20.3 Å². The second-order valence-electron chi connectivity index (χ2n) is 5.87. The number of carbonyl (C=O) groups is 1. The molecule has 2 aromatic carbocycles. The molecule has 0 atom stereocenters. The van der Waals surface area contributed by atoms with E-state index in [1.807, 2.05) is 49.7 Å². The number of hydrogen-bond donors (Lipinski definition) is 1. The number of aryl methyl sites for hydroxylation is 2. The van der Waals surface area contributed by atoms with Gasteiger partial charge in [-0.3, -0.25) is 4.79 Å². The van der Waals surface area contributed by atoms with Gasteiger partial charge in [-0.1, -0.05) is 24.6 Å². The van der Waals surface area contributed by atoms with Crippen molar-refractivity contribution in [2.24, 2.45) is 7.05 Å². The molecule has 130 valence electrons. The average molecular weight is 358 g/mol. The zero-order valence-corrected chi connectivity index (χ0v) is 15.4. The minimum Gasteiger partial charge on any atom is -0.495 e. The van der Waals surface area contributed by atoms with Crippen molar-refractivity contribution in [3.8, 4) is 5.75 Å². The van der Waals surface area contributed by atoms with E-state index in [0.717, 1.165) is 22.3 Å². The normalized spacial score (nSPS) is 10.9. The average Bonchev–Trinajstić information content (AvgIpc) is 2.92. The number of halogens is 1. The van der Waals surface area contributed by atoms with Gasteiger partial charge in [-0.25, -0.2) is 4.98 Å². The SMILES string of the molecule is CCC(=O)c1cccc2nc(Nc3c(C)cc(Cl)cc3OC)n(C)c12. The molecule has 0 amide bonds. The standard InChI is InChI=1S/C19H20ClN3O2/c1-5-15(24)13-7-6-8-14-18(13)23(3)19(21-14)22-17-11(2)9-12(20)10-16(17)25-4/h6-10H,5H2,1-4H3,(H,21,22). The molecule has 1 aromatic heterocycles. The predicted molar refractivity (Wildman–Crippen MR) is 101 cm³/mol. The van der Waals surface area contributed by atoms with E-state index < -0.39 is 0 Å². The number of nitrogens with zero attached hydrogens (tertiary/aromatic N) is 2. The molecule has 25 heavy (non-hydrogen) atoms. The van der Waals surface area contributed by atoms with Crippen LogP contribution in [0.4, 0.5) is 11.6 Å². The fourth-order valence-electron chi connectivity index (χ4n) is 2.94. The number of imidazole rings is 1. The van der Waals surface area contributed by atoms with Crippen molar-refractivity contribution < 1.29 is 9.53 Å². The quantitative estimate of drug-likeness (QED) is 0.661. The topological polar surface area (TPSA) is 56.1 Å². The van der Waals surface area contributed by atoms with Gasteiger partial charge in [0.15, 0.2) is 5.78 Å². The summed E-state index contributed by atoms with van der Waals surface area (Å²) in [6, 6.07) is 9.22. The molecule has 0 spiro atoms. The smallest absolute Gasteiger partial charge is 0.208 e. The molecular weight excluding hydrogens is 338 g/mol. The number of nitrogens with one attached hydrogen (secondary N) is 1. The number of aromatic nitrogens is 2. The summed E-state index contributed by atoms with van der Waals surface area (Å²) in [5, 5.41) is 3.93. The molecule has 3 aromatic rings. The summed E-state index contributed by atoms with van der Waals surface area (Å²) in [7, 11) is 3.49. The Morgan fingerprint density at radius 3 is 2.80 bits per heavy atom. The van der Waals surface area contributed by atoms with Crippen molar-refractivity contribution in [1.29, 1.82) is 0 Å². The molecule has 0 bridgehead atoms. The van der Waals surface area contributed by atoms with Gasteiger partial charge in [0, 0.05) is 30.1 Å². The van der Waals surface area contributed by atoms with Gasteiger partial charge in [-0.05, 0) is 30.7 Å². The zero-order valence-electron chi connectivity index (χ0n) is 14.7. The van der Waals surface area contributed by atoms with Crippen LogP contribution in [0.25, 0.3) is 11.0 Å². The van der Waals surface area contributed by atoms with Crippen LogP contribution in [0, 0.1) is 6.92 Å². The number of Topliss-reactive ketones (excluding diaryl/α,β-unsaturated/α-hetero) is 1. The molecule has 1 heterocycles. The molecule has 0 unspecified atom stereocenters. The van der Waals surface area contributed by atoms with Crippen molar-refractivity contribution in [2.75, 3.05) is 12.4 Å². The lowest BCUT2D eigenvalue weighted by Crippen LogP contribution is -2.04.